The van der Waals surface area contributed by atoms with E-state index in [1.165, 1.54) is 11.1 Å². The van der Waals surface area contributed by atoms with Crippen LogP contribution in [0.25, 0.3) is 28.0 Å². The molecule has 214 valence electrons. The largest absolute Gasteiger partial charge is 0.456 e. The first-order chi connectivity index (χ1) is 19.3. The Balaban J connectivity index is 1.29. The summed E-state index contributed by atoms with van der Waals surface area (Å²) in [6, 6.07) is 11.8. The van der Waals surface area contributed by atoms with Gasteiger partial charge in [-0.05, 0) is 35.4 Å². The highest BCUT2D eigenvalue weighted by Crippen LogP contribution is 2.35. The lowest BCUT2D eigenvalue weighted by Gasteiger charge is -2.19. The predicted molar refractivity (Wildman–Crippen MR) is 162 cm³/mol. The highest BCUT2D eigenvalue weighted by molar-refractivity contribution is 7.99. The first-order valence-electron chi connectivity index (χ1n) is 13.9. The number of aliphatic hydroxyl groups is 1. The van der Waals surface area contributed by atoms with Gasteiger partial charge in [0.25, 0.3) is 0 Å². The van der Waals surface area contributed by atoms with E-state index in [2.05, 4.69) is 50.0 Å². The van der Waals surface area contributed by atoms with Crippen LogP contribution in [0, 0.1) is 0 Å². The summed E-state index contributed by atoms with van der Waals surface area (Å²) in [4.78, 5) is 9.65. The van der Waals surface area contributed by atoms with E-state index in [1.54, 1.807) is 0 Å². The van der Waals surface area contributed by atoms with Crippen LogP contribution in [0.2, 0.25) is 30.7 Å². The quantitative estimate of drug-likeness (QED) is 0.254. The summed E-state index contributed by atoms with van der Waals surface area (Å²) in [6.45, 7) is 8.45. The van der Waals surface area contributed by atoms with Crippen LogP contribution in [-0.4, -0.2) is 83.5 Å². The molecule has 40 heavy (non-hydrogen) atoms. The van der Waals surface area contributed by atoms with Crippen LogP contribution in [-0.2, 0) is 20.9 Å². The number of allylic oxidation sites excluding steroid dienone is 1. The maximum absolute atomic E-state index is 10.1. The number of fused-ring (bicyclic) bond motifs is 2. The Labute approximate surface area is 245 Å². The van der Waals surface area contributed by atoms with Gasteiger partial charge >= 0.3 is 6.01 Å². The van der Waals surface area contributed by atoms with Crippen molar-refractivity contribution in [1.82, 2.24) is 14.5 Å². The van der Waals surface area contributed by atoms with Crippen molar-refractivity contribution < 1.29 is 24.1 Å². The van der Waals surface area contributed by atoms with Crippen LogP contribution in [0.5, 0.6) is 6.01 Å². The second-order valence-corrected chi connectivity index (χ2v) is 19.0. The molecule has 2 aromatic heterocycles. The smallest absolute Gasteiger partial charge is 0.301 e. The zero-order chi connectivity index (χ0) is 27.9. The van der Waals surface area contributed by atoms with Crippen molar-refractivity contribution in [2.45, 2.75) is 63.3 Å². The number of rotatable bonds is 9. The average Bonchev–Trinajstić information content (AvgIpc) is 3.61. The number of nitrogens with zero attached hydrogens (tertiary/aromatic N) is 3. The van der Waals surface area contributed by atoms with E-state index in [-0.39, 0.29) is 25.5 Å². The molecule has 3 aliphatic rings. The summed E-state index contributed by atoms with van der Waals surface area (Å²) in [5.41, 5.74) is 5.52. The standard InChI is InChI=1S/C29H36ClN3O5SSi/c1-40(2,3)13-10-35-17-33-22-14-21(30)25(20-6-4-18(5-7-20)19-8-11-39-12-9-19)31-28(22)32-29(33)38-24-16-37-26-23(34)15-36-27(24)26/h4-8,14,23-24,26-27,34H,9-13,15-17H2,1-3H3/t23-,24-,26-,27-/m1/s1. The molecule has 0 amide bonds. The molecule has 3 aromatic rings. The Morgan fingerprint density at radius 1 is 1.10 bits per heavy atom. The van der Waals surface area contributed by atoms with E-state index in [1.807, 2.05) is 22.4 Å². The van der Waals surface area contributed by atoms with E-state index < -0.39 is 20.3 Å². The molecule has 0 saturated carbocycles. The zero-order valence-electron chi connectivity index (χ0n) is 23.1. The molecular weight excluding hydrogens is 566 g/mol. The maximum atomic E-state index is 10.1. The van der Waals surface area contributed by atoms with Gasteiger partial charge in [-0.3, -0.25) is 4.57 Å². The summed E-state index contributed by atoms with van der Waals surface area (Å²) in [7, 11) is -1.24. The Kier molecular flexibility index (Phi) is 8.29. The molecule has 0 radical (unpaired) electrons. The summed E-state index contributed by atoms with van der Waals surface area (Å²) < 4.78 is 25.9. The van der Waals surface area contributed by atoms with E-state index in [0.717, 1.165) is 35.1 Å². The number of aliphatic hydroxyl groups excluding tert-OH is 1. The molecule has 4 atom stereocenters. The molecule has 11 heteroatoms. The molecule has 2 saturated heterocycles. The number of halogens is 1. The maximum Gasteiger partial charge on any atom is 0.301 e. The number of benzene rings is 1. The first kappa shape index (κ1) is 28.2. The minimum absolute atomic E-state index is 0.237. The normalized spacial score (nSPS) is 24.9. The van der Waals surface area contributed by atoms with Gasteiger partial charge in [0.1, 0.15) is 25.0 Å². The predicted octanol–water partition coefficient (Wildman–Crippen LogP) is 5.49. The van der Waals surface area contributed by atoms with Gasteiger partial charge in [0, 0.05) is 26.0 Å². The number of hydrogen-bond donors (Lipinski definition) is 1. The summed E-state index contributed by atoms with van der Waals surface area (Å²) in [5, 5.41) is 10.7. The number of pyridine rings is 1. The minimum Gasteiger partial charge on any atom is -0.456 e. The fourth-order valence-electron chi connectivity index (χ4n) is 5.27. The molecule has 1 N–H and O–H groups in total. The van der Waals surface area contributed by atoms with E-state index >= 15 is 0 Å². The molecule has 3 aliphatic heterocycles. The summed E-state index contributed by atoms with van der Waals surface area (Å²) in [5.74, 6) is 2.23. The monoisotopic (exact) mass is 601 g/mol. The molecule has 0 spiro atoms. The third kappa shape index (κ3) is 5.99. The summed E-state index contributed by atoms with van der Waals surface area (Å²) in [6.07, 6.45) is 1.63. The van der Waals surface area contributed by atoms with E-state index in [4.69, 9.17) is 40.5 Å². The van der Waals surface area contributed by atoms with Crippen LogP contribution < -0.4 is 4.74 Å². The SMILES string of the molecule is C[Si](C)(C)CCOCn1c(O[C@@H]2CO[C@H]3[C@@H]2OC[C@H]3O)nc2nc(-c3ccc(C4=CCSCC4)cc3)c(Cl)cc21. The van der Waals surface area contributed by atoms with Gasteiger partial charge in [0.15, 0.2) is 11.8 Å². The molecule has 0 aliphatic carbocycles. The van der Waals surface area contributed by atoms with Gasteiger partial charge in [-0.2, -0.15) is 16.7 Å². The van der Waals surface area contributed by atoms with Crippen LogP contribution in [0.1, 0.15) is 12.0 Å². The Morgan fingerprint density at radius 2 is 1.88 bits per heavy atom. The van der Waals surface area contributed by atoms with Gasteiger partial charge in [-0.25, -0.2) is 4.98 Å². The van der Waals surface area contributed by atoms with Gasteiger partial charge in [-0.1, -0.05) is 61.6 Å². The zero-order valence-corrected chi connectivity index (χ0v) is 25.7. The molecule has 6 rings (SSSR count). The van der Waals surface area contributed by atoms with Crippen molar-refractivity contribution in [1.29, 1.82) is 0 Å². The average molecular weight is 602 g/mol. The van der Waals surface area contributed by atoms with Gasteiger partial charge in [0.2, 0.25) is 0 Å². The van der Waals surface area contributed by atoms with Crippen LogP contribution in [0.3, 0.4) is 0 Å². The highest BCUT2D eigenvalue weighted by atomic mass is 35.5. The topological polar surface area (TPSA) is 87.9 Å². The number of aromatic nitrogens is 3. The molecule has 0 bridgehead atoms. The van der Waals surface area contributed by atoms with E-state index in [0.29, 0.717) is 35.6 Å². The van der Waals surface area contributed by atoms with Crippen molar-refractivity contribution in [2.24, 2.45) is 0 Å². The lowest BCUT2D eigenvalue weighted by molar-refractivity contribution is 0.00339. The lowest BCUT2D eigenvalue weighted by atomic mass is 10.0. The number of ether oxygens (including phenoxy) is 4. The fraction of sp³-hybridized carbons (Fsp3) is 0.517. The molecule has 0 unspecified atom stereocenters. The van der Waals surface area contributed by atoms with Crippen LogP contribution in [0.4, 0.5) is 0 Å². The molecule has 1 aromatic carbocycles. The van der Waals surface area contributed by atoms with Crippen LogP contribution in [0.15, 0.2) is 36.4 Å². The highest BCUT2D eigenvalue weighted by Gasteiger charge is 2.49. The van der Waals surface area contributed by atoms with Gasteiger partial charge < -0.3 is 24.1 Å². The van der Waals surface area contributed by atoms with Gasteiger partial charge in [-0.15, -0.1) is 0 Å². The lowest BCUT2D eigenvalue weighted by Crippen LogP contribution is -2.35. The molecular formula is C29H36ClN3O5SSi. The van der Waals surface area contributed by atoms with E-state index in [9.17, 15) is 5.11 Å². The first-order valence-corrected chi connectivity index (χ1v) is 19.1. The number of thioether (sulfide) groups is 1. The Morgan fingerprint density at radius 3 is 2.62 bits per heavy atom. The summed E-state index contributed by atoms with van der Waals surface area (Å²) >= 11 is 8.79. The van der Waals surface area contributed by atoms with Crippen molar-refractivity contribution >= 4 is 48.2 Å². The minimum atomic E-state index is -1.24. The third-order valence-corrected chi connectivity index (χ3v) is 10.5. The third-order valence-electron chi connectivity index (χ3n) is 7.61. The van der Waals surface area contributed by atoms with Crippen LogP contribution >= 0.6 is 23.4 Å². The Bertz CT molecular complexity index is 1390. The van der Waals surface area contributed by atoms with Crippen molar-refractivity contribution in [3.8, 4) is 17.3 Å². The van der Waals surface area contributed by atoms with Crippen molar-refractivity contribution in [3.05, 3.63) is 47.0 Å². The second kappa shape index (κ2) is 11.8. The fourth-order valence-corrected chi connectivity index (χ4v) is 7.13. The van der Waals surface area contributed by atoms with Crippen molar-refractivity contribution in [3.63, 3.8) is 0 Å². The van der Waals surface area contributed by atoms with Crippen molar-refractivity contribution in [2.75, 3.05) is 31.3 Å². The molecule has 8 nitrogen and oxygen atoms in total. The number of hydrogen-bond acceptors (Lipinski definition) is 8. The second-order valence-electron chi connectivity index (χ2n) is 11.8. The molecule has 2 fully saturated rings. The van der Waals surface area contributed by atoms with Gasteiger partial charge in [0.05, 0.1) is 29.4 Å². The Hall–Kier alpha value is -1.92. The number of imidazole rings is 1. The molecule has 5 heterocycles.